The fraction of sp³-hybridized carbons (Fsp3) is 0.556. The number of hydrogen-bond acceptors (Lipinski definition) is 4. The Morgan fingerprint density at radius 3 is 2.46 bits per heavy atom. The third-order valence-electron chi connectivity index (χ3n) is 5.09. The second-order valence-corrected chi connectivity index (χ2v) is 6.63. The van der Waals surface area contributed by atoms with E-state index in [1.54, 1.807) is 0 Å². The molecule has 130 valence electrons. The number of rotatable bonds is 4. The molecule has 2 heterocycles. The molecule has 0 saturated carbocycles. The zero-order valence-corrected chi connectivity index (χ0v) is 14.2. The lowest BCUT2D eigenvalue weighted by Gasteiger charge is -2.38. The largest absolute Gasteiger partial charge is 0.340 e. The van der Waals surface area contributed by atoms with Gasteiger partial charge in [-0.1, -0.05) is 25.1 Å². The van der Waals surface area contributed by atoms with Gasteiger partial charge in [-0.05, 0) is 18.6 Å². The number of para-hydroxylation sites is 1. The van der Waals surface area contributed by atoms with E-state index in [-0.39, 0.29) is 23.8 Å². The van der Waals surface area contributed by atoms with Crippen molar-refractivity contribution < 1.29 is 9.59 Å². The number of anilines is 1. The monoisotopic (exact) mass is 330 g/mol. The van der Waals surface area contributed by atoms with Crippen LogP contribution in [0.3, 0.4) is 0 Å². The highest BCUT2D eigenvalue weighted by atomic mass is 16.2. The fourth-order valence-electron chi connectivity index (χ4n) is 3.53. The number of amides is 2. The van der Waals surface area contributed by atoms with E-state index in [0.717, 1.165) is 31.7 Å². The summed E-state index contributed by atoms with van der Waals surface area (Å²) in [6, 6.07) is 9.77. The summed E-state index contributed by atoms with van der Waals surface area (Å²) in [5.74, 6) is 0.176. The molecule has 3 rings (SSSR count). The van der Waals surface area contributed by atoms with Gasteiger partial charge in [0.15, 0.2) is 0 Å². The second-order valence-electron chi connectivity index (χ2n) is 6.63. The van der Waals surface area contributed by atoms with Crippen LogP contribution in [0.1, 0.15) is 13.3 Å². The van der Waals surface area contributed by atoms with Crippen LogP contribution in [0.25, 0.3) is 0 Å². The maximum absolute atomic E-state index is 12.8. The molecule has 2 amide bonds. The molecule has 1 aromatic rings. The molecule has 2 aliphatic rings. The second kappa shape index (κ2) is 7.32. The smallest absolute Gasteiger partial charge is 0.244 e. The highest BCUT2D eigenvalue weighted by Crippen LogP contribution is 2.25. The number of benzene rings is 1. The van der Waals surface area contributed by atoms with Crippen molar-refractivity contribution in [3.8, 4) is 0 Å². The van der Waals surface area contributed by atoms with Gasteiger partial charge in [0.25, 0.3) is 0 Å². The van der Waals surface area contributed by atoms with E-state index in [9.17, 15) is 9.59 Å². The van der Waals surface area contributed by atoms with Crippen molar-refractivity contribution >= 4 is 17.5 Å². The van der Waals surface area contributed by atoms with Crippen LogP contribution in [0.4, 0.5) is 5.69 Å². The fourth-order valence-corrected chi connectivity index (χ4v) is 3.53. The Hall–Kier alpha value is -1.92. The Bertz CT molecular complexity index is 584. The number of hydrogen-bond donors (Lipinski definition) is 1. The summed E-state index contributed by atoms with van der Waals surface area (Å²) in [6.45, 7) is 5.87. The van der Waals surface area contributed by atoms with Gasteiger partial charge in [-0.25, -0.2) is 0 Å². The summed E-state index contributed by atoms with van der Waals surface area (Å²) < 4.78 is 0. The van der Waals surface area contributed by atoms with Crippen molar-refractivity contribution in [2.75, 3.05) is 44.2 Å². The van der Waals surface area contributed by atoms with E-state index in [1.807, 2.05) is 47.1 Å². The topological polar surface area (TPSA) is 69.9 Å². The summed E-state index contributed by atoms with van der Waals surface area (Å²) in [4.78, 5) is 30.9. The van der Waals surface area contributed by atoms with Crippen molar-refractivity contribution in [3.63, 3.8) is 0 Å². The predicted octanol–water partition coefficient (Wildman–Crippen LogP) is 0.531. The van der Waals surface area contributed by atoms with Gasteiger partial charge in [-0.3, -0.25) is 14.5 Å². The number of carbonyl (C=O) groups excluding carboxylic acids is 2. The molecule has 2 unspecified atom stereocenters. The van der Waals surface area contributed by atoms with Crippen LogP contribution in [0.2, 0.25) is 0 Å². The predicted molar refractivity (Wildman–Crippen MR) is 93.6 cm³/mol. The Labute approximate surface area is 143 Å². The maximum Gasteiger partial charge on any atom is 0.244 e. The van der Waals surface area contributed by atoms with Gasteiger partial charge in [0.05, 0.1) is 6.04 Å². The Morgan fingerprint density at radius 1 is 1.17 bits per heavy atom. The van der Waals surface area contributed by atoms with E-state index < -0.39 is 0 Å². The summed E-state index contributed by atoms with van der Waals surface area (Å²) in [7, 11) is 0. The standard InChI is InChI=1S/C18H26N4O2/c1-14(13-19)17(23)21-11-9-20(10-12-21)16-7-8-22(18(16)24)15-5-3-2-4-6-15/h2-6,14,16H,7-13,19H2,1H3. The van der Waals surface area contributed by atoms with Gasteiger partial charge in [-0.2, -0.15) is 0 Å². The molecule has 0 aliphatic carbocycles. The molecule has 2 atom stereocenters. The van der Waals surface area contributed by atoms with Crippen LogP contribution in [-0.2, 0) is 9.59 Å². The van der Waals surface area contributed by atoms with Crippen LogP contribution in [0.5, 0.6) is 0 Å². The van der Waals surface area contributed by atoms with Crippen molar-refractivity contribution in [2.24, 2.45) is 11.7 Å². The highest BCUT2D eigenvalue weighted by molar-refractivity contribution is 5.99. The first kappa shape index (κ1) is 16.9. The van der Waals surface area contributed by atoms with Crippen molar-refractivity contribution in [3.05, 3.63) is 30.3 Å². The van der Waals surface area contributed by atoms with Crippen LogP contribution in [-0.4, -0.2) is 66.9 Å². The van der Waals surface area contributed by atoms with E-state index in [4.69, 9.17) is 5.73 Å². The minimum absolute atomic E-state index is 0.0607. The van der Waals surface area contributed by atoms with Crippen molar-refractivity contribution in [2.45, 2.75) is 19.4 Å². The molecule has 2 saturated heterocycles. The summed E-state index contributed by atoms with van der Waals surface area (Å²) >= 11 is 0. The van der Waals surface area contributed by atoms with E-state index in [0.29, 0.717) is 19.6 Å². The van der Waals surface area contributed by atoms with Crippen LogP contribution < -0.4 is 10.6 Å². The highest BCUT2D eigenvalue weighted by Gasteiger charge is 2.38. The molecule has 6 nitrogen and oxygen atoms in total. The molecule has 0 spiro atoms. The first-order chi connectivity index (χ1) is 11.6. The summed E-state index contributed by atoms with van der Waals surface area (Å²) in [5, 5.41) is 0. The minimum atomic E-state index is -0.127. The molecule has 1 aromatic carbocycles. The minimum Gasteiger partial charge on any atom is -0.340 e. The molecule has 0 radical (unpaired) electrons. The van der Waals surface area contributed by atoms with Gasteiger partial charge in [0.1, 0.15) is 0 Å². The zero-order chi connectivity index (χ0) is 17.1. The maximum atomic E-state index is 12.8. The van der Waals surface area contributed by atoms with Crippen molar-refractivity contribution in [1.29, 1.82) is 0 Å². The molecule has 0 aromatic heterocycles. The molecule has 0 bridgehead atoms. The van der Waals surface area contributed by atoms with E-state index >= 15 is 0 Å². The molecule has 2 fully saturated rings. The molecule has 6 heteroatoms. The van der Waals surface area contributed by atoms with E-state index in [2.05, 4.69) is 4.90 Å². The average Bonchev–Trinajstić information content (AvgIpc) is 3.02. The Kier molecular flexibility index (Phi) is 5.16. The van der Waals surface area contributed by atoms with Crippen LogP contribution >= 0.6 is 0 Å². The Morgan fingerprint density at radius 2 is 1.83 bits per heavy atom. The third-order valence-corrected chi connectivity index (χ3v) is 5.09. The third kappa shape index (κ3) is 3.30. The molecule has 2 N–H and O–H groups in total. The normalized spacial score (nSPS) is 23.6. The average molecular weight is 330 g/mol. The lowest BCUT2D eigenvalue weighted by molar-refractivity contribution is -0.137. The van der Waals surface area contributed by atoms with Gasteiger partial charge in [-0.15, -0.1) is 0 Å². The van der Waals surface area contributed by atoms with Gasteiger partial charge in [0, 0.05) is 50.9 Å². The molecular weight excluding hydrogens is 304 g/mol. The van der Waals surface area contributed by atoms with Gasteiger partial charge in [0.2, 0.25) is 11.8 Å². The first-order valence-electron chi connectivity index (χ1n) is 8.71. The first-order valence-corrected chi connectivity index (χ1v) is 8.71. The van der Waals surface area contributed by atoms with Gasteiger partial charge < -0.3 is 15.5 Å². The molecule has 24 heavy (non-hydrogen) atoms. The van der Waals surface area contributed by atoms with Crippen LogP contribution in [0.15, 0.2) is 30.3 Å². The summed E-state index contributed by atoms with van der Waals surface area (Å²) in [6.07, 6.45) is 0.848. The molecular formula is C18H26N4O2. The SMILES string of the molecule is CC(CN)C(=O)N1CCN(C2CCN(c3ccccc3)C2=O)CC1. The quantitative estimate of drug-likeness (QED) is 0.874. The van der Waals surface area contributed by atoms with E-state index in [1.165, 1.54) is 0 Å². The van der Waals surface area contributed by atoms with Crippen LogP contribution in [0, 0.1) is 5.92 Å². The summed E-state index contributed by atoms with van der Waals surface area (Å²) in [5.41, 5.74) is 6.56. The number of piperazine rings is 1. The Balaban J connectivity index is 1.58. The number of nitrogens with zero attached hydrogens (tertiary/aromatic N) is 3. The van der Waals surface area contributed by atoms with Gasteiger partial charge >= 0.3 is 0 Å². The number of carbonyl (C=O) groups is 2. The lowest BCUT2D eigenvalue weighted by Crippen LogP contribution is -2.55. The zero-order valence-electron chi connectivity index (χ0n) is 14.2. The van der Waals surface area contributed by atoms with Crippen molar-refractivity contribution in [1.82, 2.24) is 9.80 Å². The number of nitrogens with two attached hydrogens (primary N) is 1. The lowest BCUT2D eigenvalue weighted by atomic mass is 10.1. The molecule has 2 aliphatic heterocycles.